The van der Waals surface area contributed by atoms with Crippen molar-refractivity contribution in [2.45, 2.75) is 17.4 Å². The summed E-state index contributed by atoms with van der Waals surface area (Å²) < 4.78 is 66.0. The second kappa shape index (κ2) is 8.77. The van der Waals surface area contributed by atoms with E-state index in [-0.39, 0.29) is 37.4 Å². The van der Waals surface area contributed by atoms with Crippen molar-refractivity contribution in [3.63, 3.8) is 0 Å². The highest BCUT2D eigenvalue weighted by Crippen LogP contribution is 2.44. The fraction of sp³-hybridized carbons (Fsp3) is 0.136. The normalized spacial score (nSPS) is 13.3. The number of aliphatic hydroxyl groups excluding tert-OH is 1. The van der Waals surface area contributed by atoms with Crippen molar-refractivity contribution >= 4 is 44.1 Å². The van der Waals surface area contributed by atoms with Crippen LogP contribution >= 0.6 is 23.2 Å². The van der Waals surface area contributed by atoms with Gasteiger partial charge in [0.1, 0.15) is 23.2 Å². The molecule has 1 atom stereocenters. The van der Waals surface area contributed by atoms with Gasteiger partial charge in [-0.15, -0.1) is 13.2 Å². The smallest absolute Gasteiger partial charge is 0.405 e. The van der Waals surface area contributed by atoms with Crippen molar-refractivity contribution in [2.24, 2.45) is 0 Å². The zero-order valence-corrected chi connectivity index (χ0v) is 19.5. The Balaban J connectivity index is 1.78. The Morgan fingerprint density at radius 3 is 2.35 bits per heavy atom. The van der Waals surface area contributed by atoms with E-state index in [0.717, 1.165) is 12.3 Å². The zero-order valence-electron chi connectivity index (χ0n) is 17.2. The number of para-hydroxylation sites is 1. The Morgan fingerprint density at radius 1 is 1.09 bits per heavy atom. The molecule has 1 unspecified atom stereocenters. The maximum Gasteiger partial charge on any atom is 0.573 e. The molecule has 1 aromatic heterocycles. The molecule has 0 aliphatic carbocycles. The number of aromatic nitrogens is 2. The van der Waals surface area contributed by atoms with Crippen molar-refractivity contribution in [2.75, 3.05) is 6.26 Å². The highest BCUT2D eigenvalue weighted by atomic mass is 35.5. The minimum Gasteiger partial charge on any atom is -0.405 e. The lowest BCUT2D eigenvalue weighted by Gasteiger charge is -2.15. The molecule has 4 rings (SSSR count). The van der Waals surface area contributed by atoms with E-state index >= 15 is 0 Å². The number of aliphatic hydroxyl groups is 1. The molecule has 0 bridgehead atoms. The van der Waals surface area contributed by atoms with E-state index in [2.05, 4.69) is 14.7 Å². The number of ether oxygens (including phenoxy) is 1. The number of nitrogens with zero attached hydrogens (tertiary/aromatic N) is 1. The predicted molar refractivity (Wildman–Crippen MR) is 122 cm³/mol. The van der Waals surface area contributed by atoms with Crippen molar-refractivity contribution in [1.29, 1.82) is 0 Å². The zero-order chi connectivity index (χ0) is 24.8. The Hall–Kier alpha value is -2.79. The number of H-pyrrole nitrogens is 1. The average Bonchev–Trinajstić information content (AvgIpc) is 3.17. The van der Waals surface area contributed by atoms with Gasteiger partial charge in [0.2, 0.25) is 0 Å². The molecule has 4 aromatic rings. The lowest BCUT2D eigenvalue weighted by molar-refractivity contribution is -0.274. The van der Waals surface area contributed by atoms with Gasteiger partial charge in [0, 0.05) is 17.4 Å². The molecule has 0 saturated carbocycles. The van der Waals surface area contributed by atoms with Crippen LogP contribution in [0.2, 0.25) is 10.0 Å². The summed E-state index contributed by atoms with van der Waals surface area (Å²) in [5.74, 6) is -0.406. The molecule has 0 spiro atoms. The molecule has 0 aliphatic rings. The highest BCUT2D eigenvalue weighted by Gasteiger charge is 2.33. The van der Waals surface area contributed by atoms with Crippen LogP contribution in [-0.4, -0.2) is 36.1 Å². The summed E-state index contributed by atoms with van der Waals surface area (Å²) in [6, 6.07) is 12.4. The van der Waals surface area contributed by atoms with Crippen LogP contribution in [0, 0.1) is 0 Å². The Morgan fingerprint density at radius 2 is 1.74 bits per heavy atom. The number of hydrogen-bond donors (Lipinski definition) is 2. The first-order chi connectivity index (χ1) is 15.8. The lowest BCUT2D eigenvalue weighted by Crippen LogP contribution is -2.17. The van der Waals surface area contributed by atoms with Gasteiger partial charge in [0.05, 0.1) is 20.5 Å². The Bertz CT molecular complexity index is 1490. The molecule has 6 nitrogen and oxygen atoms in total. The summed E-state index contributed by atoms with van der Waals surface area (Å²) in [6.45, 7) is 0. The van der Waals surface area contributed by atoms with Gasteiger partial charge in [-0.25, -0.2) is 13.4 Å². The standard InChI is InChI=1S/C22H15Cl2F3N2O4S/c1-34(31,32)12-8-6-11(7-9-12)20(30)21-28-15-10-14(23)17(18(24)19(15)29-21)13-4-2-3-5-16(13)33-22(25,26)27/h2-10,20,30H,1H3,(H,28,29). The van der Waals surface area contributed by atoms with Crippen LogP contribution in [0.25, 0.3) is 22.2 Å². The van der Waals surface area contributed by atoms with E-state index in [0.29, 0.717) is 11.1 Å². The summed E-state index contributed by atoms with van der Waals surface area (Å²) in [4.78, 5) is 7.30. The molecule has 0 radical (unpaired) electrons. The molecule has 2 N–H and O–H groups in total. The van der Waals surface area contributed by atoms with E-state index in [9.17, 15) is 26.7 Å². The molecule has 3 aromatic carbocycles. The van der Waals surface area contributed by atoms with Crippen molar-refractivity contribution in [3.05, 3.63) is 76.0 Å². The van der Waals surface area contributed by atoms with Crippen LogP contribution in [0.15, 0.2) is 59.5 Å². The number of aromatic amines is 1. The molecule has 12 heteroatoms. The SMILES string of the molecule is CS(=O)(=O)c1ccc(C(O)c2nc3c(Cl)c(-c4ccccc4OC(F)(F)F)c(Cl)cc3[nH]2)cc1. The third kappa shape index (κ3) is 4.85. The third-order valence-corrected chi connectivity index (χ3v) is 6.75. The van der Waals surface area contributed by atoms with Gasteiger partial charge < -0.3 is 14.8 Å². The van der Waals surface area contributed by atoms with Gasteiger partial charge in [-0.1, -0.05) is 53.5 Å². The number of alkyl halides is 3. The number of hydrogen-bond acceptors (Lipinski definition) is 5. The minimum atomic E-state index is -4.92. The molecule has 0 saturated heterocycles. The van der Waals surface area contributed by atoms with E-state index in [1.807, 2.05) is 0 Å². The number of benzene rings is 3. The van der Waals surface area contributed by atoms with Crippen molar-refractivity contribution in [1.82, 2.24) is 9.97 Å². The molecule has 0 aliphatic heterocycles. The van der Waals surface area contributed by atoms with Crippen LogP contribution in [0.3, 0.4) is 0 Å². The summed E-state index contributed by atoms with van der Waals surface area (Å²) in [5, 5.41) is 10.7. The van der Waals surface area contributed by atoms with Gasteiger partial charge in [-0.3, -0.25) is 0 Å². The van der Waals surface area contributed by atoms with E-state index < -0.39 is 28.1 Å². The maximum atomic E-state index is 12.9. The first-order valence-corrected chi connectivity index (χ1v) is 12.2. The number of sulfone groups is 1. The molecule has 178 valence electrons. The number of halogens is 5. The summed E-state index contributed by atoms with van der Waals surface area (Å²) in [7, 11) is -3.40. The number of nitrogens with one attached hydrogen (secondary N) is 1. The molecule has 34 heavy (non-hydrogen) atoms. The topological polar surface area (TPSA) is 92.3 Å². The second-order valence-corrected chi connectivity index (χ2v) is 10.2. The molecular formula is C22H15Cl2F3N2O4S. The summed E-state index contributed by atoms with van der Waals surface area (Å²) >= 11 is 12.9. The number of fused-ring (bicyclic) bond motifs is 1. The molecule has 1 heterocycles. The number of rotatable bonds is 5. The Kier molecular flexibility index (Phi) is 6.28. The van der Waals surface area contributed by atoms with Crippen LogP contribution in [0.1, 0.15) is 17.5 Å². The lowest BCUT2D eigenvalue weighted by atomic mass is 10.0. The van der Waals surface area contributed by atoms with E-state index in [4.69, 9.17) is 23.2 Å². The van der Waals surface area contributed by atoms with Gasteiger partial charge in [-0.2, -0.15) is 0 Å². The van der Waals surface area contributed by atoms with Crippen molar-refractivity contribution < 1.29 is 31.4 Å². The van der Waals surface area contributed by atoms with Crippen LogP contribution in [0.4, 0.5) is 13.2 Å². The summed E-state index contributed by atoms with van der Waals surface area (Å²) in [5.41, 5.74) is 0.969. The van der Waals surface area contributed by atoms with Crippen LogP contribution in [-0.2, 0) is 9.84 Å². The first-order valence-electron chi connectivity index (χ1n) is 9.56. The van der Waals surface area contributed by atoms with E-state index in [1.54, 1.807) is 0 Å². The van der Waals surface area contributed by atoms with Gasteiger partial charge >= 0.3 is 6.36 Å². The minimum absolute atomic E-state index is 0.0122. The second-order valence-electron chi connectivity index (χ2n) is 7.35. The van der Waals surface area contributed by atoms with Gasteiger partial charge in [0.25, 0.3) is 0 Å². The van der Waals surface area contributed by atoms with Crippen LogP contribution in [0.5, 0.6) is 5.75 Å². The number of imidazole rings is 1. The summed E-state index contributed by atoms with van der Waals surface area (Å²) in [6.07, 6.45) is -5.12. The first kappa shape index (κ1) is 24.3. The quantitative estimate of drug-likeness (QED) is 0.334. The van der Waals surface area contributed by atoms with Gasteiger partial charge in [0.15, 0.2) is 9.84 Å². The fourth-order valence-electron chi connectivity index (χ4n) is 3.42. The van der Waals surface area contributed by atoms with Crippen LogP contribution < -0.4 is 4.74 Å². The Labute approximate surface area is 201 Å². The third-order valence-electron chi connectivity index (χ3n) is 4.95. The predicted octanol–water partition coefficient (Wildman–Crippen LogP) is 5.92. The fourth-order valence-corrected chi connectivity index (χ4v) is 4.75. The molecular weight excluding hydrogens is 516 g/mol. The average molecular weight is 531 g/mol. The van der Waals surface area contributed by atoms with Gasteiger partial charge in [-0.05, 0) is 29.8 Å². The highest BCUT2D eigenvalue weighted by molar-refractivity contribution is 7.90. The molecule has 0 fully saturated rings. The van der Waals surface area contributed by atoms with Crippen molar-refractivity contribution in [3.8, 4) is 16.9 Å². The van der Waals surface area contributed by atoms with E-state index in [1.165, 1.54) is 48.5 Å². The monoisotopic (exact) mass is 530 g/mol. The maximum absolute atomic E-state index is 12.9. The molecule has 0 amide bonds. The largest absolute Gasteiger partial charge is 0.573 e.